The van der Waals surface area contributed by atoms with Gasteiger partial charge in [0.25, 0.3) is 0 Å². The summed E-state index contributed by atoms with van der Waals surface area (Å²) >= 11 is 0. The summed E-state index contributed by atoms with van der Waals surface area (Å²) in [6, 6.07) is 0. The van der Waals surface area contributed by atoms with Gasteiger partial charge in [-0.25, -0.2) is 0 Å². The second-order valence-corrected chi connectivity index (χ2v) is 17.0. The van der Waals surface area contributed by atoms with E-state index in [1.807, 2.05) is 0 Å². The van der Waals surface area contributed by atoms with Crippen molar-refractivity contribution in [3.63, 3.8) is 0 Å². The van der Waals surface area contributed by atoms with Gasteiger partial charge in [0.1, 0.15) is 5.78 Å². The maximum absolute atomic E-state index is 12.0. The van der Waals surface area contributed by atoms with Crippen molar-refractivity contribution in [1.29, 1.82) is 0 Å². The van der Waals surface area contributed by atoms with E-state index >= 15 is 0 Å². The molecule has 3 heteroatoms. The fourth-order valence-corrected chi connectivity index (χ4v) is 8.79. The van der Waals surface area contributed by atoms with E-state index in [2.05, 4.69) is 40.8 Å². The van der Waals surface area contributed by atoms with Gasteiger partial charge in [-0.05, 0) is 98.1 Å². The van der Waals surface area contributed by atoms with E-state index in [9.17, 15) is 4.79 Å². The molecule has 1 unspecified atom stereocenters. The smallest absolute Gasteiger partial charge is 0.192 e. The van der Waals surface area contributed by atoms with Gasteiger partial charge >= 0.3 is 0 Å². The van der Waals surface area contributed by atoms with E-state index in [0.29, 0.717) is 22.3 Å². The van der Waals surface area contributed by atoms with Crippen LogP contribution >= 0.6 is 0 Å². The number of rotatable bonds is 2. The quantitative estimate of drug-likeness (QED) is 0.497. The van der Waals surface area contributed by atoms with Crippen LogP contribution in [0.1, 0.15) is 85.5 Å². The average molecular weight is 391 g/mol. The first-order valence-corrected chi connectivity index (χ1v) is 14.6. The summed E-state index contributed by atoms with van der Waals surface area (Å²) in [6.45, 7) is 14.6. The molecule has 154 valence electrons. The zero-order chi connectivity index (χ0) is 19.6. The van der Waals surface area contributed by atoms with Crippen molar-refractivity contribution in [3.05, 3.63) is 0 Å². The van der Waals surface area contributed by atoms with Gasteiger partial charge in [0.15, 0.2) is 8.32 Å². The highest BCUT2D eigenvalue weighted by molar-refractivity contribution is 6.74. The first-order chi connectivity index (χ1) is 12.5. The fraction of sp³-hybridized carbons (Fsp3) is 0.958. The van der Waals surface area contributed by atoms with Crippen molar-refractivity contribution in [2.45, 2.75) is 110 Å². The lowest BCUT2D eigenvalue weighted by Crippen LogP contribution is -2.52. The Morgan fingerprint density at radius 3 is 2.41 bits per heavy atom. The van der Waals surface area contributed by atoms with Crippen LogP contribution in [-0.4, -0.2) is 20.2 Å². The van der Waals surface area contributed by atoms with E-state index in [4.69, 9.17) is 4.43 Å². The highest BCUT2D eigenvalue weighted by atomic mass is 28.4. The largest absolute Gasteiger partial charge is 0.413 e. The van der Waals surface area contributed by atoms with Crippen LogP contribution in [0.3, 0.4) is 0 Å². The molecule has 4 aliphatic carbocycles. The summed E-state index contributed by atoms with van der Waals surface area (Å²) in [5.41, 5.74) is 0.397. The van der Waals surface area contributed by atoms with Gasteiger partial charge in [0.2, 0.25) is 0 Å². The van der Waals surface area contributed by atoms with Gasteiger partial charge in [-0.2, -0.15) is 0 Å². The third kappa shape index (κ3) is 3.29. The zero-order valence-electron chi connectivity index (χ0n) is 18.6. The minimum absolute atomic E-state index is 0.297. The highest BCUT2D eigenvalue weighted by Gasteiger charge is 2.58. The predicted octanol–water partition coefficient (Wildman–Crippen LogP) is 6.60. The molecule has 2 nitrogen and oxygen atoms in total. The van der Waals surface area contributed by atoms with Gasteiger partial charge in [-0.15, -0.1) is 0 Å². The lowest BCUT2D eigenvalue weighted by atomic mass is 9.50. The molecule has 7 atom stereocenters. The SMILES string of the molecule is CC(C)(C)[Si](C)(C)O[C@H]1CC[C@H]2[C@@H]3CCC4CC(=O)CC[C@@H]4[C@H]3CC[C@]12C. The van der Waals surface area contributed by atoms with Crippen LogP contribution in [0, 0.1) is 35.0 Å². The van der Waals surface area contributed by atoms with Crippen molar-refractivity contribution in [3.8, 4) is 0 Å². The third-order valence-electron chi connectivity index (χ3n) is 9.92. The van der Waals surface area contributed by atoms with Crippen molar-refractivity contribution < 1.29 is 9.22 Å². The van der Waals surface area contributed by atoms with E-state index < -0.39 is 8.32 Å². The summed E-state index contributed by atoms with van der Waals surface area (Å²) in [5.74, 6) is 4.79. The molecule has 4 aliphatic rings. The monoisotopic (exact) mass is 390 g/mol. The van der Waals surface area contributed by atoms with Gasteiger partial charge in [0, 0.05) is 12.8 Å². The minimum Gasteiger partial charge on any atom is -0.413 e. The highest BCUT2D eigenvalue weighted by Crippen LogP contribution is 2.63. The molecule has 0 radical (unpaired) electrons. The molecular formula is C24H42O2Si. The van der Waals surface area contributed by atoms with Crippen molar-refractivity contribution in [2.24, 2.45) is 35.0 Å². The Bertz CT molecular complexity index is 592. The maximum Gasteiger partial charge on any atom is 0.192 e. The van der Waals surface area contributed by atoms with Crippen LogP contribution in [0.15, 0.2) is 0 Å². The van der Waals surface area contributed by atoms with Crippen LogP contribution in [0.2, 0.25) is 18.1 Å². The Morgan fingerprint density at radius 2 is 1.70 bits per heavy atom. The molecule has 4 rings (SSSR count). The topological polar surface area (TPSA) is 26.3 Å². The summed E-state index contributed by atoms with van der Waals surface area (Å²) in [7, 11) is -1.71. The Kier molecular flexibility index (Phi) is 4.99. The van der Waals surface area contributed by atoms with Crippen molar-refractivity contribution >= 4 is 14.1 Å². The molecule has 0 aromatic heterocycles. The molecule has 0 N–H and O–H groups in total. The fourth-order valence-electron chi connectivity index (χ4n) is 7.34. The molecule has 0 heterocycles. The van der Waals surface area contributed by atoms with Crippen molar-refractivity contribution in [2.75, 3.05) is 0 Å². The molecule has 27 heavy (non-hydrogen) atoms. The predicted molar refractivity (Wildman–Crippen MR) is 114 cm³/mol. The van der Waals surface area contributed by atoms with Gasteiger partial charge in [-0.1, -0.05) is 27.7 Å². The van der Waals surface area contributed by atoms with Crippen LogP contribution in [0.5, 0.6) is 0 Å². The van der Waals surface area contributed by atoms with Crippen molar-refractivity contribution in [1.82, 2.24) is 0 Å². The van der Waals surface area contributed by atoms with E-state index in [-0.39, 0.29) is 0 Å². The Morgan fingerprint density at radius 1 is 0.963 bits per heavy atom. The average Bonchev–Trinajstić information content (AvgIpc) is 2.89. The minimum atomic E-state index is -1.71. The lowest BCUT2D eigenvalue weighted by Gasteiger charge is -2.56. The first-order valence-electron chi connectivity index (χ1n) is 11.7. The second-order valence-electron chi connectivity index (χ2n) is 12.2. The Balaban J connectivity index is 1.51. The Labute approximate surface area is 168 Å². The molecule has 0 aromatic carbocycles. The number of fused-ring (bicyclic) bond motifs is 5. The molecule has 0 bridgehead atoms. The molecule has 0 aromatic rings. The normalized spacial score (nSPS) is 45.2. The van der Waals surface area contributed by atoms with Gasteiger partial charge in [-0.3, -0.25) is 4.79 Å². The number of carbonyl (C=O) groups excluding carboxylic acids is 1. The lowest BCUT2D eigenvalue weighted by molar-refractivity contribution is -0.128. The number of hydrogen-bond donors (Lipinski definition) is 0. The van der Waals surface area contributed by atoms with Crippen LogP contribution in [-0.2, 0) is 9.22 Å². The number of Topliss-reactive ketones (excluding diaryl/α,β-unsaturated/α-hetero) is 1. The van der Waals surface area contributed by atoms with E-state index in [1.165, 1.54) is 44.9 Å². The second kappa shape index (κ2) is 6.69. The van der Waals surface area contributed by atoms with E-state index in [1.54, 1.807) is 0 Å². The van der Waals surface area contributed by atoms with Gasteiger partial charge in [0.05, 0.1) is 6.10 Å². The third-order valence-corrected chi connectivity index (χ3v) is 14.4. The molecule has 0 amide bonds. The maximum atomic E-state index is 12.0. The molecule has 0 aliphatic heterocycles. The van der Waals surface area contributed by atoms with Crippen LogP contribution < -0.4 is 0 Å². The first kappa shape index (κ1) is 20.1. The number of carbonyl (C=O) groups is 1. The Hall–Kier alpha value is -0.153. The number of hydrogen-bond acceptors (Lipinski definition) is 2. The summed E-state index contributed by atoms with van der Waals surface area (Å²) in [4.78, 5) is 12.0. The summed E-state index contributed by atoms with van der Waals surface area (Å²) in [5, 5.41) is 0.297. The van der Waals surface area contributed by atoms with Crippen LogP contribution in [0.4, 0.5) is 0 Å². The molecule has 4 saturated carbocycles. The number of ketones is 1. The molecular weight excluding hydrogens is 348 g/mol. The van der Waals surface area contributed by atoms with Gasteiger partial charge < -0.3 is 4.43 Å². The standard InChI is InChI=1S/C24H42O2Si/c1-23(2,3)27(5,6)26-22-12-11-21-20-9-7-16-15-17(25)8-10-18(16)19(20)13-14-24(21,22)4/h16,18-22H,7-15H2,1-6H3/t16?,18-,19+,20+,21-,22-,24-/m0/s1. The molecule has 0 saturated heterocycles. The zero-order valence-corrected chi connectivity index (χ0v) is 19.6. The molecule has 0 spiro atoms. The van der Waals surface area contributed by atoms with E-state index in [0.717, 1.165) is 42.4 Å². The summed E-state index contributed by atoms with van der Waals surface area (Å²) < 4.78 is 7.03. The summed E-state index contributed by atoms with van der Waals surface area (Å²) in [6.07, 6.45) is 11.5. The molecule has 4 fully saturated rings. The van der Waals surface area contributed by atoms with Crippen LogP contribution in [0.25, 0.3) is 0 Å².